The average Bonchev–Trinajstić information content (AvgIpc) is 3.57. The van der Waals surface area contributed by atoms with Crippen LogP contribution in [0, 0.1) is 13.8 Å². The van der Waals surface area contributed by atoms with Crippen molar-refractivity contribution in [2.24, 2.45) is 0 Å². The van der Waals surface area contributed by atoms with E-state index in [1.807, 2.05) is 25.4 Å². The second kappa shape index (κ2) is 5.85. The number of hydrogen-bond acceptors (Lipinski definition) is 7. The van der Waals surface area contributed by atoms with Gasteiger partial charge in [0, 0.05) is 45.4 Å². The van der Waals surface area contributed by atoms with Gasteiger partial charge in [-0.05, 0) is 38.1 Å². The Morgan fingerprint density at radius 3 is 1.58 bits per heavy atom. The van der Waals surface area contributed by atoms with Gasteiger partial charge in [0.15, 0.2) is 11.3 Å². The first-order valence-corrected chi connectivity index (χ1v) is 13.2. The number of aryl methyl sites for hydroxylation is 2. The standard InChI is InChI=1S/C24H18N6S3/c1-9-7-13-23(31-9)27-21-17-15-11(19(25-3)29(13)21)5-6-12-16(15)18(33-17)22-28-24-14(8-10(2)32-24)30(22)20(12)26-4/h5-8,25-26H,1-4H3. The maximum absolute atomic E-state index is 5.12. The number of nitrogens with one attached hydrogen (secondary N) is 2. The maximum atomic E-state index is 5.12. The molecule has 0 saturated heterocycles. The first-order valence-electron chi connectivity index (χ1n) is 10.8. The molecule has 0 aliphatic carbocycles. The molecule has 7 aromatic heterocycles. The van der Waals surface area contributed by atoms with Gasteiger partial charge in [-0.25, -0.2) is 9.97 Å². The number of pyridine rings is 2. The number of benzene rings is 1. The monoisotopic (exact) mass is 486 g/mol. The zero-order chi connectivity index (χ0) is 22.2. The summed E-state index contributed by atoms with van der Waals surface area (Å²) < 4.78 is 7.04. The van der Waals surface area contributed by atoms with Crippen LogP contribution in [0.1, 0.15) is 9.75 Å². The smallest absolute Gasteiger partial charge is 0.158 e. The summed E-state index contributed by atoms with van der Waals surface area (Å²) in [5.74, 6) is 2.18. The summed E-state index contributed by atoms with van der Waals surface area (Å²) in [5.41, 5.74) is 4.39. The van der Waals surface area contributed by atoms with E-state index in [9.17, 15) is 0 Å². The number of aromatic nitrogens is 4. The third-order valence-corrected chi connectivity index (χ3v) is 9.70. The molecule has 0 atom stereocenters. The molecule has 2 N–H and O–H groups in total. The molecule has 8 rings (SSSR count). The minimum atomic E-state index is 1.02. The van der Waals surface area contributed by atoms with Crippen molar-refractivity contribution in [3.05, 3.63) is 34.0 Å². The Balaban J connectivity index is 1.71. The molecule has 7 heterocycles. The molecular weight excluding hydrogens is 469 g/mol. The van der Waals surface area contributed by atoms with Crippen molar-refractivity contribution in [3.63, 3.8) is 0 Å². The molecule has 33 heavy (non-hydrogen) atoms. The summed E-state index contributed by atoms with van der Waals surface area (Å²) >= 11 is 5.33. The van der Waals surface area contributed by atoms with E-state index in [1.165, 1.54) is 51.7 Å². The second-order valence-corrected chi connectivity index (χ2v) is 12.0. The van der Waals surface area contributed by atoms with Crippen LogP contribution in [-0.4, -0.2) is 32.9 Å². The number of hydrogen-bond donors (Lipinski definition) is 2. The molecule has 6 nitrogen and oxygen atoms in total. The van der Waals surface area contributed by atoms with Crippen LogP contribution in [0.3, 0.4) is 0 Å². The minimum Gasteiger partial charge on any atom is -0.374 e. The van der Waals surface area contributed by atoms with Crippen LogP contribution in [0.2, 0.25) is 0 Å². The first kappa shape index (κ1) is 18.3. The normalized spacial score (nSPS) is 12.8. The molecule has 0 amide bonds. The van der Waals surface area contributed by atoms with Gasteiger partial charge in [0.2, 0.25) is 0 Å². The molecule has 0 radical (unpaired) electrons. The molecule has 0 spiro atoms. The zero-order valence-electron chi connectivity index (χ0n) is 18.3. The van der Waals surface area contributed by atoms with E-state index in [0.717, 1.165) is 32.6 Å². The van der Waals surface area contributed by atoms with Gasteiger partial charge < -0.3 is 10.6 Å². The van der Waals surface area contributed by atoms with E-state index < -0.39 is 0 Å². The fourth-order valence-corrected chi connectivity index (χ4v) is 8.47. The lowest BCUT2D eigenvalue weighted by Crippen LogP contribution is -2.01. The van der Waals surface area contributed by atoms with Crippen molar-refractivity contribution in [3.8, 4) is 0 Å². The Bertz CT molecular complexity index is 1930. The molecule has 8 aromatic rings. The van der Waals surface area contributed by atoms with Crippen LogP contribution in [0.25, 0.3) is 62.9 Å². The molecule has 9 heteroatoms. The Morgan fingerprint density at radius 2 is 1.15 bits per heavy atom. The fraction of sp³-hybridized carbons (Fsp3) is 0.167. The van der Waals surface area contributed by atoms with E-state index in [4.69, 9.17) is 9.97 Å². The molecule has 0 bridgehead atoms. The van der Waals surface area contributed by atoms with Gasteiger partial charge in [-0.2, -0.15) is 0 Å². The predicted molar refractivity (Wildman–Crippen MR) is 145 cm³/mol. The van der Waals surface area contributed by atoms with E-state index in [2.05, 4.69) is 57.5 Å². The van der Waals surface area contributed by atoms with Crippen LogP contribution < -0.4 is 10.6 Å². The van der Waals surface area contributed by atoms with E-state index in [0.29, 0.717) is 0 Å². The van der Waals surface area contributed by atoms with E-state index in [-0.39, 0.29) is 0 Å². The number of rotatable bonds is 2. The predicted octanol–water partition coefficient (Wildman–Crippen LogP) is 7.07. The van der Waals surface area contributed by atoms with E-state index >= 15 is 0 Å². The van der Waals surface area contributed by atoms with Crippen molar-refractivity contribution >= 4 is 109 Å². The largest absolute Gasteiger partial charge is 0.374 e. The maximum Gasteiger partial charge on any atom is 0.158 e. The summed E-state index contributed by atoms with van der Waals surface area (Å²) in [4.78, 5) is 15.0. The molecule has 162 valence electrons. The molecule has 0 saturated carbocycles. The number of nitrogens with zero attached hydrogens (tertiary/aromatic N) is 4. The van der Waals surface area contributed by atoms with Gasteiger partial charge in [-0.1, -0.05) is 0 Å². The Morgan fingerprint density at radius 1 is 0.697 bits per heavy atom. The molecule has 0 aliphatic heterocycles. The van der Waals surface area contributed by atoms with Gasteiger partial charge in [0.25, 0.3) is 0 Å². The zero-order valence-corrected chi connectivity index (χ0v) is 20.8. The van der Waals surface area contributed by atoms with Crippen molar-refractivity contribution in [2.45, 2.75) is 13.8 Å². The number of fused-ring (bicyclic) bond motifs is 8. The summed E-state index contributed by atoms with van der Waals surface area (Å²) in [6.07, 6.45) is 0. The van der Waals surface area contributed by atoms with Crippen LogP contribution in [-0.2, 0) is 0 Å². The highest BCUT2D eigenvalue weighted by Crippen LogP contribution is 2.49. The third-order valence-electron chi connectivity index (χ3n) is 6.65. The lowest BCUT2D eigenvalue weighted by Gasteiger charge is -2.14. The Hall–Kier alpha value is -3.14. The third kappa shape index (κ3) is 2.01. The van der Waals surface area contributed by atoms with Gasteiger partial charge in [0.05, 0.1) is 20.4 Å². The average molecular weight is 487 g/mol. The molecule has 0 unspecified atom stereocenters. The lowest BCUT2D eigenvalue weighted by atomic mass is 10.0. The lowest BCUT2D eigenvalue weighted by molar-refractivity contribution is 1.23. The van der Waals surface area contributed by atoms with Gasteiger partial charge >= 0.3 is 0 Å². The van der Waals surface area contributed by atoms with Crippen LogP contribution in [0.4, 0.5) is 11.6 Å². The number of imidazole rings is 2. The number of thiophene rings is 3. The van der Waals surface area contributed by atoms with Crippen molar-refractivity contribution < 1.29 is 0 Å². The Kier molecular flexibility index (Phi) is 3.25. The van der Waals surface area contributed by atoms with E-state index in [1.54, 1.807) is 22.7 Å². The number of anilines is 2. The topological polar surface area (TPSA) is 58.7 Å². The fourth-order valence-electron chi connectivity index (χ4n) is 5.46. The summed E-state index contributed by atoms with van der Waals surface area (Å²) in [6.45, 7) is 4.29. The SMILES string of the molecule is CNc1c2ccc3c(NC)n4c5cc(C)sc5nc4c4sc(c2c34)c2nc3sc(C)cc3n12. The van der Waals surface area contributed by atoms with Gasteiger partial charge in [-0.15, -0.1) is 34.0 Å². The summed E-state index contributed by atoms with van der Waals surface area (Å²) in [5, 5.41) is 12.0. The molecule has 0 aliphatic rings. The molecular formula is C24H18N6S3. The van der Waals surface area contributed by atoms with Crippen molar-refractivity contribution in [1.82, 2.24) is 18.8 Å². The highest BCUT2D eigenvalue weighted by atomic mass is 32.1. The Labute approximate surface area is 199 Å². The quantitative estimate of drug-likeness (QED) is 0.257. The van der Waals surface area contributed by atoms with Crippen molar-refractivity contribution in [1.29, 1.82) is 0 Å². The highest BCUT2D eigenvalue weighted by molar-refractivity contribution is 7.27. The highest BCUT2D eigenvalue weighted by Gasteiger charge is 2.26. The van der Waals surface area contributed by atoms with Gasteiger partial charge in [0.1, 0.15) is 21.3 Å². The van der Waals surface area contributed by atoms with Crippen molar-refractivity contribution in [2.75, 3.05) is 24.7 Å². The molecule has 0 fully saturated rings. The van der Waals surface area contributed by atoms with Gasteiger partial charge in [-0.3, -0.25) is 8.80 Å². The second-order valence-electron chi connectivity index (χ2n) is 8.50. The van der Waals surface area contributed by atoms with Crippen LogP contribution >= 0.6 is 34.0 Å². The van der Waals surface area contributed by atoms with Crippen LogP contribution in [0.15, 0.2) is 24.3 Å². The minimum absolute atomic E-state index is 1.02. The molecule has 1 aromatic carbocycles. The summed E-state index contributed by atoms with van der Waals surface area (Å²) in [6, 6.07) is 9.00. The summed E-state index contributed by atoms with van der Waals surface area (Å²) in [7, 11) is 4.00. The first-order chi connectivity index (χ1) is 16.1. The van der Waals surface area contributed by atoms with Crippen LogP contribution in [0.5, 0.6) is 0 Å².